The molecule has 2 aromatic rings. The highest BCUT2D eigenvalue weighted by molar-refractivity contribution is 7.85. The zero-order valence-electron chi connectivity index (χ0n) is 11.6. The number of hydrogen-bond acceptors (Lipinski definition) is 4. The first-order valence-corrected chi connectivity index (χ1v) is 7.45. The lowest BCUT2D eigenvalue weighted by molar-refractivity contribution is -0.316. The van der Waals surface area contributed by atoms with Crippen LogP contribution in [0.4, 0.5) is 29.1 Å². The first-order valence-electron chi connectivity index (χ1n) is 6.01. The molecule has 23 heavy (non-hydrogen) atoms. The second-order valence-electron chi connectivity index (χ2n) is 4.40. The SMILES string of the molecule is C=[N+](C)S(=O)(=O)c1c(F)c(F)c(F)c(F)c1Nc1ccccn1. The molecule has 0 saturated heterocycles. The number of pyridine rings is 1. The molecule has 2 rings (SSSR count). The molecule has 0 aliphatic carbocycles. The zero-order valence-corrected chi connectivity index (χ0v) is 12.5. The quantitative estimate of drug-likeness (QED) is 0.303. The molecule has 0 atom stereocenters. The van der Waals surface area contributed by atoms with Crippen molar-refractivity contribution in [3.05, 3.63) is 47.7 Å². The van der Waals surface area contributed by atoms with Crippen molar-refractivity contribution < 1.29 is 30.0 Å². The first-order chi connectivity index (χ1) is 10.7. The van der Waals surface area contributed by atoms with Crippen LogP contribution in [0.15, 0.2) is 29.3 Å². The molecule has 0 saturated carbocycles. The van der Waals surface area contributed by atoms with Gasteiger partial charge in [-0.25, -0.2) is 22.5 Å². The molecule has 0 amide bonds. The van der Waals surface area contributed by atoms with Gasteiger partial charge in [-0.1, -0.05) is 6.07 Å². The number of anilines is 2. The van der Waals surface area contributed by atoms with E-state index in [1.807, 2.05) is 0 Å². The Bertz CT molecular complexity index is 886. The van der Waals surface area contributed by atoms with E-state index >= 15 is 0 Å². The van der Waals surface area contributed by atoms with Crippen LogP contribution in [0.2, 0.25) is 0 Å². The molecule has 122 valence electrons. The fourth-order valence-electron chi connectivity index (χ4n) is 1.69. The Hall–Kier alpha value is -2.49. The second-order valence-corrected chi connectivity index (χ2v) is 6.38. The lowest BCUT2D eigenvalue weighted by atomic mass is 10.2. The van der Waals surface area contributed by atoms with Crippen LogP contribution in [0, 0.1) is 23.3 Å². The summed E-state index contributed by atoms with van der Waals surface area (Å²) in [7, 11) is -3.78. The number of sulfonamides is 1. The average molecular weight is 348 g/mol. The first kappa shape index (κ1) is 16.9. The van der Waals surface area contributed by atoms with Crippen LogP contribution in [-0.4, -0.2) is 31.1 Å². The molecule has 0 spiro atoms. The Balaban J connectivity index is 2.81. The minimum absolute atomic E-state index is 0.0972. The van der Waals surface area contributed by atoms with Gasteiger partial charge in [0.15, 0.2) is 35.2 Å². The van der Waals surface area contributed by atoms with Gasteiger partial charge in [0.1, 0.15) is 18.2 Å². The van der Waals surface area contributed by atoms with Crippen LogP contribution in [0.25, 0.3) is 0 Å². The van der Waals surface area contributed by atoms with Gasteiger partial charge in [-0.15, -0.1) is 3.98 Å². The van der Waals surface area contributed by atoms with Gasteiger partial charge >= 0.3 is 10.0 Å². The van der Waals surface area contributed by atoms with E-state index in [1.54, 1.807) is 0 Å². The van der Waals surface area contributed by atoms with E-state index in [0.29, 0.717) is 3.98 Å². The molecule has 10 heteroatoms. The molecule has 5 nitrogen and oxygen atoms in total. The summed E-state index contributed by atoms with van der Waals surface area (Å²) in [6.45, 7) is 3.05. The van der Waals surface area contributed by atoms with Crippen LogP contribution < -0.4 is 5.32 Å². The Kier molecular flexibility index (Phi) is 4.37. The van der Waals surface area contributed by atoms with E-state index in [9.17, 15) is 26.0 Å². The molecule has 0 bridgehead atoms. The molecule has 0 unspecified atom stereocenters. The fraction of sp³-hybridized carbons (Fsp3) is 0.0769. The van der Waals surface area contributed by atoms with Gasteiger partial charge in [0.05, 0.1) is 0 Å². The van der Waals surface area contributed by atoms with Crippen molar-refractivity contribution in [3.63, 3.8) is 0 Å². The molecule has 1 N–H and O–H groups in total. The fourth-order valence-corrected chi connectivity index (χ4v) is 2.71. The van der Waals surface area contributed by atoms with Crippen molar-refractivity contribution in [1.82, 2.24) is 4.98 Å². The Morgan fingerprint density at radius 3 is 2.22 bits per heavy atom. The number of halogens is 4. The van der Waals surface area contributed by atoms with E-state index in [4.69, 9.17) is 0 Å². The third-order valence-corrected chi connectivity index (χ3v) is 4.53. The zero-order chi connectivity index (χ0) is 17.4. The number of hydrogen-bond donors (Lipinski definition) is 1. The third kappa shape index (κ3) is 2.89. The van der Waals surface area contributed by atoms with E-state index in [-0.39, 0.29) is 5.82 Å². The third-order valence-electron chi connectivity index (χ3n) is 2.81. The van der Waals surface area contributed by atoms with Gasteiger partial charge in [-0.3, -0.25) is 0 Å². The smallest absolute Gasteiger partial charge is 0.336 e. The maximum absolute atomic E-state index is 14.0. The normalized spacial score (nSPS) is 11.3. The van der Waals surface area contributed by atoms with Gasteiger partial charge in [-0.2, -0.15) is 8.42 Å². The average Bonchev–Trinajstić information content (AvgIpc) is 2.51. The highest BCUT2D eigenvalue weighted by Crippen LogP contribution is 2.34. The van der Waals surface area contributed by atoms with E-state index < -0.39 is 43.9 Å². The van der Waals surface area contributed by atoms with Crippen molar-refractivity contribution in [1.29, 1.82) is 0 Å². The summed E-state index contributed by atoms with van der Waals surface area (Å²) in [6.07, 6.45) is 1.28. The molecule has 1 aromatic carbocycles. The number of nitrogens with one attached hydrogen (secondary N) is 1. The van der Waals surface area contributed by atoms with Crippen LogP contribution in [-0.2, 0) is 10.0 Å². The molecule has 0 aliphatic rings. The largest absolute Gasteiger partial charge is 0.399 e. The summed E-state index contributed by atoms with van der Waals surface area (Å²) in [5, 5.41) is 2.14. The van der Waals surface area contributed by atoms with E-state index in [1.165, 1.54) is 24.4 Å². The van der Waals surface area contributed by atoms with Crippen molar-refractivity contribution in [2.45, 2.75) is 4.90 Å². The van der Waals surface area contributed by atoms with Crippen molar-refractivity contribution in [2.75, 3.05) is 12.4 Å². The predicted molar refractivity (Wildman–Crippen MR) is 74.3 cm³/mol. The topological polar surface area (TPSA) is 62.1 Å². The monoisotopic (exact) mass is 348 g/mol. The predicted octanol–water partition coefficient (Wildman–Crippen LogP) is 2.41. The Morgan fingerprint density at radius 2 is 1.70 bits per heavy atom. The summed E-state index contributed by atoms with van der Waals surface area (Å²) in [5.74, 6) is -8.44. The summed E-state index contributed by atoms with van der Waals surface area (Å²) in [5.41, 5.74) is -1.10. The number of nitrogens with zero attached hydrogens (tertiary/aromatic N) is 2. The van der Waals surface area contributed by atoms with Crippen LogP contribution in [0.3, 0.4) is 0 Å². The number of aromatic nitrogens is 1. The maximum atomic E-state index is 14.0. The van der Waals surface area contributed by atoms with E-state index in [0.717, 1.165) is 7.05 Å². The molecule has 0 aliphatic heterocycles. The second kappa shape index (κ2) is 5.95. The number of rotatable bonds is 4. The lowest BCUT2D eigenvalue weighted by Crippen LogP contribution is -2.21. The number of benzene rings is 1. The molecule has 1 aromatic heterocycles. The van der Waals surface area contributed by atoms with Gasteiger partial charge < -0.3 is 5.32 Å². The summed E-state index contributed by atoms with van der Waals surface area (Å²) < 4.78 is 79.3. The standard InChI is InChI=1S/C13H10F4N3O2S/c1-20(2)23(21,22)13-11(17)9(15)8(14)10(16)12(13)19-7-5-3-4-6-18-7/h3-6H,1H2,2H3,(H,18,19)/q+1. The van der Waals surface area contributed by atoms with Crippen molar-refractivity contribution in [3.8, 4) is 0 Å². The summed E-state index contributed by atoms with van der Waals surface area (Å²) >= 11 is 0. The molecular formula is C13H10F4N3O2S+. The van der Waals surface area contributed by atoms with E-state index in [2.05, 4.69) is 17.0 Å². The minimum Gasteiger partial charge on any atom is -0.336 e. The summed E-state index contributed by atoms with van der Waals surface area (Å²) in [6, 6.07) is 4.27. The summed E-state index contributed by atoms with van der Waals surface area (Å²) in [4.78, 5) is 2.32. The highest BCUT2D eigenvalue weighted by Gasteiger charge is 2.37. The van der Waals surface area contributed by atoms with Crippen LogP contribution in [0.1, 0.15) is 0 Å². The molecule has 1 heterocycles. The highest BCUT2D eigenvalue weighted by atomic mass is 32.2. The van der Waals surface area contributed by atoms with Crippen molar-refractivity contribution >= 4 is 28.2 Å². The lowest BCUT2D eigenvalue weighted by Gasteiger charge is -2.13. The van der Waals surface area contributed by atoms with Crippen LogP contribution >= 0.6 is 0 Å². The molecule has 0 radical (unpaired) electrons. The van der Waals surface area contributed by atoms with Gasteiger partial charge in [-0.05, 0) is 12.1 Å². The minimum atomic E-state index is -4.71. The van der Waals surface area contributed by atoms with Gasteiger partial charge in [0.2, 0.25) is 0 Å². The van der Waals surface area contributed by atoms with Crippen molar-refractivity contribution in [2.24, 2.45) is 0 Å². The molecule has 0 fully saturated rings. The Labute approximate surface area is 129 Å². The molecular weight excluding hydrogens is 338 g/mol. The Morgan fingerprint density at radius 1 is 1.09 bits per heavy atom. The van der Waals surface area contributed by atoms with Crippen LogP contribution in [0.5, 0.6) is 0 Å². The maximum Gasteiger partial charge on any atom is 0.399 e. The van der Waals surface area contributed by atoms with Gasteiger partial charge in [0, 0.05) is 6.20 Å². The van der Waals surface area contributed by atoms with Gasteiger partial charge in [0.25, 0.3) is 0 Å².